The quantitative estimate of drug-likeness (QED) is 0.541. The van der Waals surface area contributed by atoms with Gasteiger partial charge in [-0.25, -0.2) is 0 Å². The van der Waals surface area contributed by atoms with E-state index in [1.807, 2.05) is 13.1 Å². The van der Waals surface area contributed by atoms with Crippen LogP contribution in [0.5, 0.6) is 0 Å². The molecule has 0 amide bonds. The first kappa shape index (κ1) is 10.4. The molecule has 0 aromatic heterocycles. The number of rotatable bonds is 2. The SMILES string of the molecule is CC/N=C\C=C(/C)C(C)(C)C. The Bertz CT molecular complexity index is 158. The fraction of sp³-hybridized carbons (Fsp3) is 0.700. The second kappa shape index (κ2) is 4.32. The lowest BCUT2D eigenvalue weighted by Crippen LogP contribution is -2.06. The van der Waals surface area contributed by atoms with Gasteiger partial charge in [-0.2, -0.15) is 0 Å². The Morgan fingerprint density at radius 2 is 1.91 bits per heavy atom. The monoisotopic (exact) mass is 153 g/mol. The van der Waals surface area contributed by atoms with E-state index in [-0.39, 0.29) is 5.41 Å². The maximum Gasteiger partial charge on any atom is 0.0360 e. The van der Waals surface area contributed by atoms with Crippen molar-refractivity contribution in [1.82, 2.24) is 0 Å². The van der Waals surface area contributed by atoms with Crippen LogP contribution in [0.2, 0.25) is 0 Å². The molecule has 0 aromatic carbocycles. The molecule has 0 saturated heterocycles. The molecule has 0 saturated carbocycles. The van der Waals surface area contributed by atoms with Crippen LogP contribution >= 0.6 is 0 Å². The summed E-state index contributed by atoms with van der Waals surface area (Å²) in [6, 6.07) is 0. The molecule has 0 aliphatic carbocycles. The summed E-state index contributed by atoms with van der Waals surface area (Å²) >= 11 is 0. The van der Waals surface area contributed by atoms with E-state index >= 15 is 0 Å². The number of allylic oxidation sites excluding steroid dienone is 2. The predicted octanol–water partition coefficient (Wildman–Crippen LogP) is 3.07. The molecule has 1 nitrogen and oxygen atoms in total. The summed E-state index contributed by atoms with van der Waals surface area (Å²) in [5.74, 6) is 0. The summed E-state index contributed by atoms with van der Waals surface area (Å²) in [5.41, 5.74) is 1.65. The third kappa shape index (κ3) is 4.77. The van der Waals surface area contributed by atoms with Crippen molar-refractivity contribution >= 4 is 6.21 Å². The first-order valence-electron chi connectivity index (χ1n) is 4.15. The number of hydrogen-bond acceptors (Lipinski definition) is 1. The third-order valence-corrected chi connectivity index (χ3v) is 1.80. The van der Waals surface area contributed by atoms with Crippen LogP contribution in [0.15, 0.2) is 16.6 Å². The zero-order valence-corrected chi connectivity index (χ0v) is 8.31. The van der Waals surface area contributed by atoms with E-state index in [1.54, 1.807) is 0 Å². The second-order valence-corrected chi connectivity index (χ2v) is 3.75. The molecule has 0 spiro atoms. The van der Waals surface area contributed by atoms with Gasteiger partial charge in [0.05, 0.1) is 0 Å². The van der Waals surface area contributed by atoms with Gasteiger partial charge in [-0.1, -0.05) is 26.3 Å². The van der Waals surface area contributed by atoms with Crippen molar-refractivity contribution < 1.29 is 0 Å². The summed E-state index contributed by atoms with van der Waals surface area (Å²) < 4.78 is 0. The average molecular weight is 153 g/mol. The average Bonchev–Trinajstić information content (AvgIpc) is 1.86. The highest BCUT2D eigenvalue weighted by atomic mass is 14.7. The number of hydrogen-bond donors (Lipinski definition) is 0. The van der Waals surface area contributed by atoms with Crippen LogP contribution in [0.25, 0.3) is 0 Å². The highest BCUT2D eigenvalue weighted by Gasteiger charge is 2.10. The Labute approximate surface area is 70.2 Å². The Balaban J connectivity index is 4.12. The second-order valence-electron chi connectivity index (χ2n) is 3.75. The van der Waals surface area contributed by atoms with E-state index < -0.39 is 0 Å². The third-order valence-electron chi connectivity index (χ3n) is 1.80. The van der Waals surface area contributed by atoms with Crippen molar-refractivity contribution in [2.45, 2.75) is 34.6 Å². The van der Waals surface area contributed by atoms with Gasteiger partial charge >= 0.3 is 0 Å². The van der Waals surface area contributed by atoms with Gasteiger partial charge in [0, 0.05) is 12.8 Å². The van der Waals surface area contributed by atoms with Gasteiger partial charge in [-0.05, 0) is 25.3 Å². The Kier molecular flexibility index (Phi) is 4.09. The molecule has 0 aliphatic rings. The molecular weight excluding hydrogens is 134 g/mol. The van der Waals surface area contributed by atoms with Gasteiger partial charge < -0.3 is 0 Å². The molecular formula is C10H19N. The Morgan fingerprint density at radius 1 is 1.36 bits per heavy atom. The lowest BCUT2D eigenvalue weighted by molar-refractivity contribution is 0.505. The molecule has 0 rings (SSSR count). The Hall–Kier alpha value is -0.590. The zero-order chi connectivity index (χ0) is 8.91. The maximum absolute atomic E-state index is 4.12. The van der Waals surface area contributed by atoms with Gasteiger partial charge in [-0.3, -0.25) is 4.99 Å². The predicted molar refractivity (Wildman–Crippen MR) is 52.2 cm³/mol. The lowest BCUT2D eigenvalue weighted by atomic mass is 9.88. The molecule has 0 bridgehead atoms. The fourth-order valence-corrected chi connectivity index (χ4v) is 0.520. The molecule has 64 valence electrons. The number of nitrogens with zero attached hydrogens (tertiary/aromatic N) is 1. The van der Waals surface area contributed by atoms with Crippen LogP contribution in [0.1, 0.15) is 34.6 Å². The van der Waals surface area contributed by atoms with Gasteiger partial charge in [0.25, 0.3) is 0 Å². The molecule has 11 heavy (non-hydrogen) atoms. The summed E-state index contributed by atoms with van der Waals surface area (Å²) in [6.07, 6.45) is 3.98. The van der Waals surface area contributed by atoms with E-state index in [0.29, 0.717) is 0 Å². The van der Waals surface area contributed by atoms with E-state index in [1.165, 1.54) is 5.57 Å². The molecule has 0 unspecified atom stereocenters. The highest BCUT2D eigenvalue weighted by Crippen LogP contribution is 2.23. The lowest BCUT2D eigenvalue weighted by Gasteiger charge is -2.18. The first-order chi connectivity index (χ1) is 4.98. The van der Waals surface area contributed by atoms with Crippen molar-refractivity contribution in [2.75, 3.05) is 6.54 Å². The minimum Gasteiger partial charge on any atom is -0.293 e. The van der Waals surface area contributed by atoms with Crippen LogP contribution in [0, 0.1) is 5.41 Å². The van der Waals surface area contributed by atoms with Crippen LogP contribution in [0.3, 0.4) is 0 Å². The summed E-state index contributed by atoms with van der Waals surface area (Å²) in [6.45, 7) is 11.7. The van der Waals surface area contributed by atoms with Crippen molar-refractivity contribution in [3.63, 3.8) is 0 Å². The molecule has 0 aromatic rings. The maximum atomic E-state index is 4.12. The standard InChI is InChI=1S/C10H19N/c1-6-11-8-7-9(2)10(3,4)5/h7-8H,6H2,1-5H3/b9-7+,11-8-. The molecule has 0 aliphatic heterocycles. The highest BCUT2D eigenvalue weighted by molar-refractivity contribution is 5.72. The van der Waals surface area contributed by atoms with Gasteiger partial charge in [0.15, 0.2) is 0 Å². The summed E-state index contributed by atoms with van der Waals surface area (Å²) in [4.78, 5) is 4.12. The van der Waals surface area contributed by atoms with Crippen molar-refractivity contribution in [1.29, 1.82) is 0 Å². The molecule has 0 N–H and O–H groups in total. The minimum absolute atomic E-state index is 0.278. The van der Waals surface area contributed by atoms with Gasteiger partial charge in [0.2, 0.25) is 0 Å². The normalized spacial score (nSPS) is 14.5. The summed E-state index contributed by atoms with van der Waals surface area (Å²) in [7, 11) is 0. The van der Waals surface area contributed by atoms with E-state index in [4.69, 9.17) is 0 Å². The van der Waals surface area contributed by atoms with Crippen LogP contribution in [-0.4, -0.2) is 12.8 Å². The topological polar surface area (TPSA) is 12.4 Å². The largest absolute Gasteiger partial charge is 0.293 e. The van der Waals surface area contributed by atoms with Crippen molar-refractivity contribution in [3.05, 3.63) is 11.6 Å². The van der Waals surface area contributed by atoms with Crippen LogP contribution < -0.4 is 0 Å². The molecule has 0 heterocycles. The first-order valence-corrected chi connectivity index (χ1v) is 4.15. The van der Waals surface area contributed by atoms with Crippen LogP contribution in [-0.2, 0) is 0 Å². The van der Waals surface area contributed by atoms with E-state index in [9.17, 15) is 0 Å². The van der Waals surface area contributed by atoms with Crippen molar-refractivity contribution in [3.8, 4) is 0 Å². The van der Waals surface area contributed by atoms with Crippen LogP contribution in [0.4, 0.5) is 0 Å². The smallest absolute Gasteiger partial charge is 0.0360 e. The number of aliphatic imine (C=N–C) groups is 1. The van der Waals surface area contributed by atoms with E-state index in [2.05, 4.69) is 38.8 Å². The molecule has 0 atom stereocenters. The van der Waals surface area contributed by atoms with Gasteiger partial charge in [0.1, 0.15) is 0 Å². The van der Waals surface area contributed by atoms with Crippen molar-refractivity contribution in [2.24, 2.45) is 10.4 Å². The van der Waals surface area contributed by atoms with E-state index in [0.717, 1.165) is 6.54 Å². The molecule has 1 heteroatoms. The molecule has 0 fully saturated rings. The van der Waals surface area contributed by atoms with Gasteiger partial charge in [-0.15, -0.1) is 0 Å². The summed E-state index contributed by atoms with van der Waals surface area (Å²) in [5, 5.41) is 0. The molecule has 0 radical (unpaired) electrons. The Morgan fingerprint density at radius 3 is 2.27 bits per heavy atom. The zero-order valence-electron chi connectivity index (χ0n) is 8.31. The fourth-order valence-electron chi connectivity index (χ4n) is 0.520. The minimum atomic E-state index is 0.278.